The van der Waals surface area contributed by atoms with Gasteiger partial charge in [-0.1, -0.05) is 0 Å². The van der Waals surface area contributed by atoms with Gasteiger partial charge in [0.2, 0.25) is 5.91 Å². The summed E-state index contributed by atoms with van der Waals surface area (Å²) in [5.41, 5.74) is 0.320. The number of aliphatic carboxylic acids is 1. The van der Waals surface area contributed by atoms with E-state index in [2.05, 4.69) is 5.32 Å². The number of rotatable bonds is 3. The number of likely N-dealkylation sites (tertiary alicyclic amines) is 1. The van der Waals surface area contributed by atoms with Gasteiger partial charge in [-0.2, -0.15) is 0 Å². The zero-order chi connectivity index (χ0) is 16.9. The van der Waals surface area contributed by atoms with Gasteiger partial charge < -0.3 is 20.1 Å². The number of carboxylic acids is 1. The highest BCUT2D eigenvalue weighted by Gasteiger charge is 2.64. The fourth-order valence-corrected chi connectivity index (χ4v) is 3.75. The number of amides is 3. The standard InChI is InChI=1S/C14H17N3O6/c1-6(18)16-4-3-7-8(5-23-14(22)15-2)10(13(20)21)17-9(7)11(16)12(17)19/h7,9,11H,3-5H2,1-2H3,(H,15,22)(H,20,21)/t7?,9-,11+/m1/s1. The molecule has 3 rings (SSSR count). The van der Waals surface area contributed by atoms with E-state index in [4.69, 9.17) is 4.74 Å². The lowest BCUT2D eigenvalue weighted by atomic mass is 9.78. The van der Waals surface area contributed by atoms with Crippen LogP contribution in [0.25, 0.3) is 0 Å². The number of nitrogens with one attached hydrogen (secondary N) is 1. The van der Waals surface area contributed by atoms with Crippen molar-refractivity contribution >= 4 is 23.9 Å². The average Bonchev–Trinajstić information content (AvgIpc) is 2.84. The minimum Gasteiger partial charge on any atom is -0.477 e. The molecule has 3 atom stereocenters. The van der Waals surface area contributed by atoms with E-state index in [1.54, 1.807) is 0 Å². The molecule has 0 radical (unpaired) electrons. The molecule has 9 heteroatoms. The highest BCUT2D eigenvalue weighted by Crippen LogP contribution is 2.48. The predicted octanol–water partition coefficient (Wildman–Crippen LogP) is -0.857. The molecular weight excluding hydrogens is 306 g/mol. The van der Waals surface area contributed by atoms with Gasteiger partial charge in [0, 0.05) is 32.0 Å². The number of nitrogens with zero attached hydrogens (tertiary/aromatic N) is 2. The molecule has 0 saturated carbocycles. The summed E-state index contributed by atoms with van der Waals surface area (Å²) in [4.78, 5) is 49.6. The molecule has 2 saturated heterocycles. The first-order chi connectivity index (χ1) is 10.9. The van der Waals surface area contributed by atoms with Gasteiger partial charge in [0.15, 0.2) is 0 Å². The summed E-state index contributed by atoms with van der Waals surface area (Å²) in [5, 5.41) is 11.7. The topological polar surface area (TPSA) is 116 Å². The first kappa shape index (κ1) is 15.3. The lowest BCUT2D eigenvalue weighted by Crippen LogP contribution is -2.73. The molecule has 3 amide bonds. The summed E-state index contributed by atoms with van der Waals surface area (Å²) in [6, 6.07) is -0.979. The highest BCUT2D eigenvalue weighted by atomic mass is 16.5. The molecule has 23 heavy (non-hydrogen) atoms. The lowest BCUT2D eigenvalue weighted by molar-refractivity contribution is -0.168. The number of carbonyl (C=O) groups is 4. The molecule has 0 aromatic rings. The Balaban J connectivity index is 1.91. The van der Waals surface area contributed by atoms with Gasteiger partial charge in [-0.25, -0.2) is 9.59 Å². The zero-order valence-corrected chi connectivity index (χ0v) is 12.7. The van der Waals surface area contributed by atoms with Gasteiger partial charge in [-0.15, -0.1) is 0 Å². The third-order valence-corrected chi connectivity index (χ3v) is 4.70. The Morgan fingerprint density at radius 2 is 2.09 bits per heavy atom. The summed E-state index contributed by atoms with van der Waals surface area (Å²) in [6.45, 7) is 1.60. The van der Waals surface area contributed by atoms with Crippen molar-refractivity contribution in [2.75, 3.05) is 20.2 Å². The molecule has 0 aromatic carbocycles. The van der Waals surface area contributed by atoms with E-state index >= 15 is 0 Å². The molecule has 124 valence electrons. The fourth-order valence-electron chi connectivity index (χ4n) is 3.75. The van der Waals surface area contributed by atoms with Gasteiger partial charge in [-0.3, -0.25) is 14.5 Å². The van der Waals surface area contributed by atoms with E-state index in [1.165, 1.54) is 23.8 Å². The largest absolute Gasteiger partial charge is 0.477 e. The molecule has 2 fully saturated rings. The Morgan fingerprint density at radius 3 is 2.65 bits per heavy atom. The number of ether oxygens (including phenoxy) is 1. The number of hydrogen-bond donors (Lipinski definition) is 2. The zero-order valence-electron chi connectivity index (χ0n) is 12.7. The molecule has 3 aliphatic rings. The SMILES string of the molecule is CNC(=O)OCC1=C(C(=O)O)N2C(=O)[C@@H]3[C@H]2C1CCN3C(C)=O. The number of carboxylic acid groups (broad SMARTS) is 1. The number of carbonyl (C=O) groups excluding carboxylic acids is 3. The maximum Gasteiger partial charge on any atom is 0.407 e. The van der Waals surface area contributed by atoms with Gasteiger partial charge >= 0.3 is 12.1 Å². The van der Waals surface area contributed by atoms with E-state index in [1.807, 2.05) is 0 Å². The van der Waals surface area contributed by atoms with Gasteiger partial charge in [0.25, 0.3) is 5.91 Å². The molecule has 0 aliphatic carbocycles. The average molecular weight is 323 g/mol. The van der Waals surface area contributed by atoms with Crippen molar-refractivity contribution in [2.45, 2.75) is 25.4 Å². The number of piperidine rings is 1. The Bertz CT molecular complexity index is 642. The quantitative estimate of drug-likeness (QED) is 0.653. The normalized spacial score (nSPS) is 28.3. The summed E-state index contributed by atoms with van der Waals surface area (Å²) >= 11 is 0. The van der Waals surface area contributed by atoms with Crippen LogP contribution in [0.1, 0.15) is 13.3 Å². The number of hydrogen-bond acceptors (Lipinski definition) is 5. The van der Waals surface area contributed by atoms with E-state index in [-0.39, 0.29) is 36.1 Å². The number of alkyl carbamates (subject to hydrolysis) is 1. The van der Waals surface area contributed by atoms with Crippen molar-refractivity contribution in [1.82, 2.24) is 15.1 Å². The fraction of sp³-hybridized carbons (Fsp3) is 0.571. The van der Waals surface area contributed by atoms with Gasteiger partial charge in [-0.05, 0) is 6.42 Å². The van der Waals surface area contributed by atoms with E-state index in [0.717, 1.165) is 0 Å². The minimum absolute atomic E-state index is 0.115. The van der Waals surface area contributed by atoms with Crippen molar-refractivity contribution < 1.29 is 29.0 Å². The molecule has 0 aromatic heterocycles. The first-order valence-corrected chi connectivity index (χ1v) is 7.29. The third kappa shape index (κ3) is 2.07. The number of β-lactam (4-membered cyclic amide) rings is 1. The van der Waals surface area contributed by atoms with Crippen molar-refractivity contribution in [2.24, 2.45) is 5.92 Å². The molecule has 3 aliphatic heterocycles. The van der Waals surface area contributed by atoms with Crippen LogP contribution in [0.15, 0.2) is 11.3 Å². The van der Waals surface area contributed by atoms with Gasteiger partial charge in [0.05, 0.1) is 6.04 Å². The van der Waals surface area contributed by atoms with Crippen LogP contribution in [0.3, 0.4) is 0 Å². The maximum absolute atomic E-state index is 12.3. The van der Waals surface area contributed by atoms with E-state index in [9.17, 15) is 24.3 Å². The van der Waals surface area contributed by atoms with Crippen LogP contribution >= 0.6 is 0 Å². The monoisotopic (exact) mass is 323 g/mol. The Kier molecular flexibility index (Phi) is 3.50. The second-order valence-electron chi connectivity index (χ2n) is 5.76. The van der Waals surface area contributed by atoms with Crippen LogP contribution in [-0.4, -0.2) is 71.1 Å². The molecule has 2 N–H and O–H groups in total. The van der Waals surface area contributed by atoms with Crippen LogP contribution in [0.2, 0.25) is 0 Å². The smallest absolute Gasteiger partial charge is 0.407 e. The van der Waals surface area contributed by atoms with Crippen LogP contribution < -0.4 is 5.32 Å². The Hall–Kier alpha value is -2.58. The van der Waals surface area contributed by atoms with Crippen molar-refractivity contribution in [1.29, 1.82) is 0 Å². The molecule has 1 unspecified atom stereocenters. The molecule has 0 spiro atoms. The van der Waals surface area contributed by atoms with Crippen molar-refractivity contribution in [3.05, 3.63) is 11.3 Å². The first-order valence-electron chi connectivity index (χ1n) is 7.29. The second kappa shape index (κ2) is 5.25. The van der Waals surface area contributed by atoms with Gasteiger partial charge in [0.1, 0.15) is 18.3 Å². The third-order valence-electron chi connectivity index (χ3n) is 4.70. The maximum atomic E-state index is 12.3. The van der Waals surface area contributed by atoms with Crippen molar-refractivity contribution in [3.8, 4) is 0 Å². The second-order valence-corrected chi connectivity index (χ2v) is 5.76. The summed E-state index contributed by atoms with van der Waals surface area (Å²) in [6.07, 6.45) is -0.131. The molecule has 3 heterocycles. The van der Waals surface area contributed by atoms with Crippen LogP contribution in [0, 0.1) is 5.92 Å². The molecule has 0 bridgehead atoms. The predicted molar refractivity (Wildman–Crippen MR) is 75.0 cm³/mol. The molecular formula is C14H17N3O6. The Labute approximate surface area is 131 Å². The summed E-state index contributed by atoms with van der Waals surface area (Å²) in [7, 11) is 1.40. The van der Waals surface area contributed by atoms with Crippen molar-refractivity contribution in [3.63, 3.8) is 0 Å². The minimum atomic E-state index is -1.23. The summed E-state index contributed by atoms with van der Waals surface area (Å²) < 4.78 is 4.99. The highest BCUT2D eigenvalue weighted by molar-refractivity contribution is 6.03. The lowest BCUT2D eigenvalue weighted by Gasteiger charge is -2.53. The van der Waals surface area contributed by atoms with Crippen LogP contribution in [0.5, 0.6) is 0 Å². The van der Waals surface area contributed by atoms with E-state index in [0.29, 0.717) is 18.5 Å². The Morgan fingerprint density at radius 1 is 1.39 bits per heavy atom. The molecule has 9 nitrogen and oxygen atoms in total. The van der Waals surface area contributed by atoms with Crippen LogP contribution in [-0.2, 0) is 19.1 Å². The van der Waals surface area contributed by atoms with Crippen LogP contribution in [0.4, 0.5) is 4.79 Å². The van der Waals surface area contributed by atoms with E-state index < -0.39 is 18.1 Å². The summed E-state index contributed by atoms with van der Waals surface area (Å²) in [5.74, 6) is -2.02.